The second-order valence-electron chi connectivity index (χ2n) is 3.84. The van der Waals surface area contributed by atoms with Crippen LogP contribution in [0.15, 0.2) is 0 Å². The molecular formula is C10H14ClN3. The molecular weight excluding hydrogens is 198 g/mol. The zero-order valence-corrected chi connectivity index (χ0v) is 9.30. The fraction of sp³-hybridized carbons (Fsp3) is 0.600. The summed E-state index contributed by atoms with van der Waals surface area (Å²) in [7, 11) is 3.86. The van der Waals surface area contributed by atoms with Crippen molar-refractivity contribution in [3.05, 3.63) is 16.4 Å². The van der Waals surface area contributed by atoms with E-state index in [-0.39, 0.29) is 0 Å². The second kappa shape index (κ2) is 3.73. The average molecular weight is 212 g/mol. The van der Waals surface area contributed by atoms with Gasteiger partial charge in [-0.1, -0.05) is 11.6 Å². The summed E-state index contributed by atoms with van der Waals surface area (Å²) in [6, 6.07) is 0. The molecule has 0 unspecified atom stereocenters. The van der Waals surface area contributed by atoms with Crippen LogP contribution in [0.1, 0.15) is 24.1 Å². The second-order valence-corrected chi connectivity index (χ2v) is 4.20. The lowest BCUT2D eigenvalue weighted by Gasteiger charge is -2.18. The molecule has 3 nitrogen and oxygen atoms in total. The SMILES string of the molecule is CN(C)c1nc(Cl)c2c(n1)CCCC2. The Morgan fingerprint density at radius 3 is 2.57 bits per heavy atom. The molecule has 2 rings (SSSR count). The summed E-state index contributed by atoms with van der Waals surface area (Å²) in [5.41, 5.74) is 2.29. The van der Waals surface area contributed by atoms with Gasteiger partial charge >= 0.3 is 0 Å². The molecule has 0 fully saturated rings. The molecule has 0 radical (unpaired) electrons. The minimum absolute atomic E-state index is 0.637. The smallest absolute Gasteiger partial charge is 0.226 e. The van der Waals surface area contributed by atoms with E-state index >= 15 is 0 Å². The van der Waals surface area contributed by atoms with Gasteiger partial charge in [0.1, 0.15) is 5.15 Å². The van der Waals surface area contributed by atoms with Crippen LogP contribution in [0.4, 0.5) is 5.95 Å². The predicted molar refractivity (Wildman–Crippen MR) is 58.0 cm³/mol. The molecule has 1 aromatic rings. The Kier molecular flexibility index (Phi) is 2.59. The van der Waals surface area contributed by atoms with Crippen molar-refractivity contribution < 1.29 is 0 Å². The van der Waals surface area contributed by atoms with Crippen LogP contribution in [0, 0.1) is 0 Å². The molecule has 0 amide bonds. The number of anilines is 1. The Bertz CT molecular complexity index is 349. The molecule has 4 heteroatoms. The van der Waals surface area contributed by atoms with Crippen molar-refractivity contribution >= 4 is 17.5 Å². The summed E-state index contributed by atoms with van der Waals surface area (Å²) in [5.74, 6) is 0.718. The number of halogens is 1. The molecule has 1 aromatic heterocycles. The molecule has 0 saturated heterocycles. The number of hydrogen-bond acceptors (Lipinski definition) is 3. The quantitative estimate of drug-likeness (QED) is 0.666. The lowest BCUT2D eigenvalue weighted by molar-refractivity contribution is 0.661. The number of aromatic nitrogens is 2. The van der Waals surface area contributed by atoms with Gasteiger partial charge in [0, 0.05) is 19.7 Å². The van der Waals surface area contributed by atoms with Crippen molar-refractivity contribution in [2.75, 3.05) is 19.0 Å². The summed E-state index contributed by atoms with van der Waals surface area (Å²) >= 11 is 6.11. The zero-order chi connectivity index (χ0) is 10.1. The third-order valence-electron chi connectivity index (χ3n) is 2.52. The Balaban J connectivity index is 2.46. The van der Waals surface area contributed by atoms with Gasteiger partial charge in [0.2, 0.25) is 5.95 Å². The Morgan fingerprint density at radius 2 is 1.86 bits per heavy atom. The number of rotatable bonds is 1. The van der Waals surface area contributed by atoms with Crippen molar-refractivity contribution in [2.24, 2.45) is 0 Å². The number of hydrogen-bond donors (Lipinski definition) is 0. The van der Waals surface area contributed by atoms with Crippen molar-refractivity contribution in [1.82, 2.24) is 9.97 Å². The molecule has 0 aliphatic heterocycles. The molecule has 76 valence electrons. The predicted octanol–water partition coefficient (Wildman–Crippen LogP) is 2.07. The molecule has 0 bridgehead atoms. The van der Waals surface area contributed by atoms with Crippen molar-refractivity contribution in [2.45, 2.75) is 25.7 Å². The van der Waals surface area contributed by atoms with E-state index in [1.807, 2.05) is 19.0 Å². The molecule has 1 aliphatic carbocycles. The van der Waals surface area contributed by atoms with E-state index in [2.05, 4.69) is 9.97 Å². The van der Waals surface area contributed by atoms with Crippen LogP contribution in [0.3, 0.4) is 0 Å². The van der Waals surface area contributed by atoms with Crippen LogP contribution in [0.25, 0.3) is 0 Å². The highest BCUT2D eigenvalue weighted by Crippen LogP contribution is 2.26. The molecule has 0 atom stereocenters. The largest absolute Gasteiger partial charge is 0.347 e. The minimum Gasteiger partial charge on any atom is -0.347 e. The van der Waals surface area contributed by atoms with E-state index < -0.39 is 0 Å². The average Bonchev–Trinajstić information content (AvgIpc) is 2.17. The molecule has 0 aromatic carbocycles. The van der Waals surface area contributed by atoms with E-state index in [1.165, 1.54) is 12.8 Å². The van der Waals surface area contributed by atoms with Gasteiger partial charge in [0.15, 0.2) is 0 Å². The van der Waals surface area contributed by atoms with Crippen LogP contribution < -0.4 is 4.90 Å². The summed E-state index contributed by atoms with van der Waals surface area (Å²) in [5, 5.41) is 0.637. The van der Waals surface area contributed by atoms with Crippen LogP contribution >= 0.6 is 11.6 Å². The third kappa shape index (κ3) is 1.69. The molecule has 0 N–H and O–H groups in total. The molecule has 14 heavy (non-hydrogen) atoms. The van der Waals surface area contributed by atoms with Crippen molar-refractivity contribution in [3.63, 3.8) is 0 Å². The standard InChI is InChI=1S/C10H14ClN3/c1-14(2)10-12-8-6-4-3-5-7(8)9(11)13-10/h3-6H2,1-2H3. The normalized spacial score (nSPS) is 15.1. The summed E-state index contributed by atoms with van der Waals surface area (Å²) in [6.45, 7) is 0. The van der Waals surface area contributed by atoms with E-state index in [4.69, 9.17) is 11.6 Å². The maximum Gasteiger partial charge on any atom is 0.226 e. The van der Waals surface area contributed by atoms with Crippen LogP contribution in [0.5, 0.6) is 0 Å². The highest BCUT2D eigenvalue weighted by atomic mass is 35.5. The highest BCUT2D eigenvalue weighted by Gasteiger charge is 2.16. The van der Waals surface area contributed by atoms with E-state index in [0.717, 1.165) is 30.0 Å². The first kappa shape index (κ1) is 9.71. The first-order valence-corrected chi connectivity index (χ1v) is 5.29. The van der Waals surface area contributed by atoms with Gasteiger partial charge in [-0.2, -0.15) is 0 Å². The topological polar surface area (TPSA) is 29.0 Å². The number of nitrogens with zero attached hydrogens (tertiary/aromatic N) is 3. The lowest BCUT2D eigenvalue weighted by Crippen LogP contribution is -2.16. The number of fused-ring (bicyclic) bond motifs is 1. The molecule has 1 aliphatic rings. The van der Waals surface area contributed by atoms with Crippen LogP contribution in [-0.4, -0.2) is 24.1 Å². The fourth-order valence-electron chi connectivity index (χ4n) is 1.74. The van der Waals surface area contributed by atoms with Gasteiger partial charge in [-0.3, -0.25) is 0 Å². The molecule has 0 saturated carbocycles. The minimum atomic E-state index is 0.637. The Labute approximate surface area is 89.1 Å². The monoisotopic (exact) mass is 211 g/mol. The van der Waals surface area contributed by atoms with Gasteiger partial charge in [-0.15, -0.1) is 0 Å². The van der Waals surface area contributed by atoms with E-state index in [1.54, 1.807) is 0 Å². The fourth-order valence-corrected chi connectivity index (χ4v) is 2.02. The van der Waals surface area contributed by atoms with Gasteiger partial charge in [-0.25, -0.2) is 9.97 Å². The first-order chi connectivity index (χ1) is 6.68. The van der Waals surface area contributed by atoms with Gasteiger partial charge < -0.3 is 4.90 Å². The van der Waals surface area contributed by atoms with Crippen LogP contribution in [0.2, 0.25) is 5.15 Å². The Morgan fingerprint density at radius 1 is 1.14 bits per heavy atom. The maximum atomic E-state index is 6.11. The van der Waals surface area contributed by atoms with E-state index in [0.29, 0.717) is 5.15 Å². The Hall–Kier alpha value is -0.830. The van der Waals surface area contributed by atoms with Gasteiger partial charge in [0.05, 0.1) is 5.69 Å². The molecule has 1 heterocycles. The van der Waals surface area contributed by atoms with Crippen LogP contribution in [-0.2, 0) is 12.8 Å². The third-order valence-corrected chi connectivity index (χ3v) is 2.83. The lowest BCUT2D eigenvalue weighted by atomic mass is 9.97. The number of aryl methyl sites for hydroxylation is 1. The maximum absolute atomic E-state index is 6.11. The molecule has 0 spiro atoms. The summed E-state index contributed by atoms with van der Waals surface area (Å²) in [4.78, 5) is 10.7. The zero-order valence-electron chi connectivity index (χ0n) is 8.55. The van der Waals surface area contributed by atoms with Crippen molar-refractivity contribution in [1.29, 1.82) is 0 Å². The summed E-state index contributed by atoms with van der Waals surface area (Å²) in [6.07, 6.45) is 4.49. The first-order valence-electron chi connectivity index (χ1n) is 4.91. The summed E-state index contributed by atoms with van der Waals surface area (Å²) < 4.78 is 0. The van der Waals surface area contributed by atoms with Gasteiger partial charge in [-0.05, 0) is 25.7 Å². The van der Waals surface area contributed by atoms with E-state index in [9.17, 15) is 0 Å². The van der Waals surface area contributed by atoms with Gasteiger partial charge in [0.25, 0.3) is 0 Å². The highest BCUT2D eigenvalue weighted by molar-refractivity contribution is 6.30. The van der Waals surface area contributed by atoms with Crippen molar-refractivity contribution in [3.8, 4) is 0 Å².